The SMILES string of the molecule is Cc1cc([C@H]2[C@@H](c3ccccn3)NC(=S)N2c2ccc(O)cc2)c(C)n1-c1nccs1. The number of thiazole rings is 1. The van der Waals surface area contributed by atoms with Crippen LogP contribution in [-0.2, 0) is 0 Å². The van der Waals surface area contributed by atoms with Gasteiger partial charge < -0.3 is 15.3 Å². The van der Waals surface area contributed by atoms with Crippen molar-refractivity contribution in [2.45, 2.75) is 25.9 Å². The fraction of sp³-hybridized carbons (Fsp3) is 0.174. The molecule has 0 radical (unpaired) electrons. The number of rotatable bonds is 4. The maximum Gasteiger partial charge on any atom is 0.193 e. The van der Waals surface area contributed by atoms with Crippen LogP contribution < -0.4 is 10.2 Å². The average molecular weight is 448 g/mol. The van der Waals surface area contributed by atoms with Gasteiger partial charge in [0.2, 0.25) is 0 Å². The summed E-state index contributed by atoms with van der Waals surface area (Å²) in [5.74, 6) is 0.224. The van der Waals surface area contributed by atoms with Crippen LogP contribution in [0.1, 0.15) is 34.7 Å². The number of nitrogens with one attached hydrogen (secondary N) is 1. The Morgan fingerprint density at radius 1 is 1.06 bits per heavy atom. The number of benzene rings is 1. The molecule has 0 unspecified atom stereocenters. The molecule has 2 N–H and O–H groups in total. The monoisotopic (exact) mass is 447 g/mol. The first-order valence-electron chi connectivity index (χ1n) is 9.93. The number of nitrogens with zero attached hydrogens (tertiary/aromatic N) is 4. The molecule has 2 atom stereocenters. The second kappa shape index (κ2) is 7.79. The van der Waals surface area contributed by atoms with E-state index in [4.69, 9.17) is 12.2 Å². The van der Waals surface area contributed by atoms with Crippen molar-refractivity contribution in [1.82, 2.24) is 19.9 Å². The Bertz CT molecular complexity index is 1220. The Balaban J connectivity index is 1.68. The van der Waals surface area contributed by atoms with E-state index >= 15 is 0 Å². The number of aromatic hydroxyl groups is 1. The Morgan fingerprint density at radius 3 is 2.55 bits per heavy atom. The summed E-state index contributed by atoms with van der Waals surface area (Å²) in [6, 6.07) is 15.1. The first-order chi connectivity index (χ1) is 15.0. The second-order valence-electron chi connectivity index (χ2n) is 7.49. The van der Waals surface area contributed by atoms with E-state index in [1.54, 1.807) is 29.7 Å². The van der Waals surface area contributed by atoms with Gasteiger partial charge in [-0.3, -0.25) is 9.55 Å². The molecule has 1 saturated heterocycles. The van der Waals surface area contributed by atoms with Crippen molar-refractivity contribution in [3.63, 3.8) is 0 Å². The van der Waals surface area contributed by atoms with Gasteiger partial charge in [-0.1, -0.05) is 6.07 Å². The smallest absolute Gasteiger partial charge is 0.193 e. The summed E-state index contributed by atoms with van der Waals surface area (Å²) in [7, 11) is 0. The van der Waals surface area contributed by atoms with Gasteiger partial charge in [0.05, 0.1) is 17.8 Å². The molecule has 8 heteroatoms. The highest BCUT2D eigenvalue weighted by Crippen LogP contribution is 2.44. The molecule has 1 aliphatic heterocycles. The fourth-order valence-corrected chi connectivity index (χ4v) is 5.37. The van der Waals surface area contributed by atoms with Crippen LogP contribution in [0.2, 0.25) is 0 Å². The van der Waals surface area contributed by atoms with Crippen LogP contribution in [0.4, 0.5) is 5.69 Å². The summed E-state index contributed by atoms with van der Waals surface area (Å²) >= 11 is 7.39. The Morgan fingerprint density at radius 2 is 1.87 bits per heavy atom. The van der Waals surface area contributed by atoms with E-state index < -0.39 is 0 Å². The topological polar surface area (TPSA) is 66.2 Å². The minimum Gasteiger partial charge on any atom is -0.508 e. The molecule has 31 heavy (non-hydrogen) atoms. The standard InChI is InChI=1S/C23H21N5OS2/c1-14-13-18(15(2)27(14)23-25-11-12-31-23)21-20(19-5-3-4-10-24-19)26-22(30)28(21)16-6-8-17(29)9-7-16/h3-13,20-21,29H,1-2H3,(H,26,30)/t20-,21+/m1/s1. The Labute approximate surface area is 189 Å². The molecule has 4 aromatic rings. The molecule has 1 aromatic carbocycles. The summed E-state index contributed by atoms with van der Waals surface area (Å²) in [4.78, 5) is 11.2. The van der Waals surface area contributed by atoms with Gasteiger partial charge in [0.1, 0.15) is 5.75 Å². The molecule has 5 rings (SSSR count). The molecule has 1 fully saturated rings. The van der Waals surface area contributed by atoms with Crippen LogP contribution in [-0.4, -0.2) is 24.8 Å². The Hall–Kier alpha value is -3.23. The maximum atomic E-state index is 9.78. The molecule has 156 valence electrons. The average Bonchev–Trinajstić information content (AvgIpc) is 3.47. The zero-order chi connectivity index (χ0) is 21.5. The van der Waals surface area contributed by atoms with Crippen molar-refractivity contribution >= 4 is 34.4 Å². The maximum absolute atomic E-state index is 9.78. The number of hydrogen-bond acceptors (Lipinski definition) is 5. The highest BCUT2D eigenvalue weighted by atomic mass is 32.1. The summed E-state index contributed by atoms with van der Waals surface area (Å²) in [5, 5.41) is 16.8. The quantitative estimate of drug-likeness (QED) is 0.437. The summed E-state index contributed by atoms with van der Waals surface area (Å²) < 4.78 is 2.19. The van der Waals surface area contributed by atoms with Crippen molar-refractivity contribution in [3.05, 3.63) is 88.9 Å². The molecule has 0 bridgehead atoms. The van der Waals surface area contributed by atoms with Crippen molar-refractivity contribution in [2.24, 2.45) is 0 Å². The number of phenols is 1. The molecule has 0 spiro atoms. The number of anilines is 1. The molecule has 0 amide bonds. The molecule has 6 nitrogen and oxygen atoms in total. The third-order valence-corrected chi connectivity index (χ3v) is 6.70. The molecular formula is C23H21N5OS2. The number of pyridine rings is 1. The number of aromatic nitrogens is 3. The van der Waals surface area contributed by atoms with E-state index in [-0.39, 0.29) is 17.8 Å². The van der Waals surface area contributed by atoms with Gasteiger partial charge in [0, 0.05) is 34.8 Å². The lowest BCUT2D eigenvalue weighted by molar-refractivity contribution is 0.475. The molecule has 3 aromatic heterocycles. The summed E-state index contributed by atoms with van der Waals surface area (Å²) in [5.41, 5.74) is 5.23. The van der Waals surface area contributed by atoms with Crippen molar-refractivity contribution in [1.29, 1.82) is 0 Å². The fourth-order valence-electron chi connectivity index (χ4n) is 4.27. The first-order valence-corrected chi connectivity index (χ1v) is 11.2. The lowest BCUT2D eigenvalue weighted by Crippen LogP contribution is -2.29. The van der Waals surface area contributed by atoms with Gasteiger partial charge in [0.15, 0.2) is 10.2 Å². The normalized spacial score (nSPS) is 18.4. The highest BCUT2D eigenvalue weighted by Gasteiger charge is 2.42. The third kappa shape index (κ3) is 3.37. The predicted molar refractivity (Wildman–Crippen MR) is 127 cm³/mol. The summed E-state index contributed by atoms with van der Waals surface area (Å²) in [6.07, 6.45) is 3.63. The lowest BCUT2D eigenvalue weighted by Gasteiger charge is -2.28. The highest BCUT2D eigenvalue weighted by molar-refractivity contribution is 7.80. The van der Waals surface area contributed by atoms with Crippen LogP contribution >= 0.6 is 23.6 Å². The van der Waals surface area contributed by atoms with E-state index in [9.17, 15) is 5.11 Å². The Kier molecular flexibility index (Phi) is 4.95. The predicted octanol–water partition coefficient (Wildman–Crippen LogP) is 4.83. The van der Waals surface area contributed by atoms with Crippen LogP contribution in [0.5, 0.6) is 5.75 Å². The number of thiocarbonyl (C=S) groups is 1. The summed E-state index contributed by atoms with van der Waals surface area (Å²) in [6.45, 7) is 4.22. The van der Waals surface area contributed by atoms with Gasteiger partial charge in [-0.15, -0.1) is 11.3 Å². The number of hydrogen-bond donors (Lipinski definition) is 2. The molecule has 1 aliphatic rings. The van der Waals surface area contributed by atoms with Crippen LogP contribution in [0.15, 0.2) is 66.3 Å². The van der Waals surface area contributed by atoms with Gasteiger partial charge in [0.25, 0.3) is 0 Å². The largest absolute Gasteiger partial charge is 0.508 e. The van der Waals surface area contributed by atoms with Gasteiger partial charge in [-0.2, -0.15) is 0 Å². The second-order valence-corrected chi connectivity index (χ2v) is 8.75. The zero-order valence-corrected chi connectivity index (χ0v) is 18.7. The van der Waals surface area contributed by atoms with Gasteiger partial charge >= 0.3 is 0 Å². The van der Waals surface area contributed by atoms with E-state index in [1.165, 1.54) is 0 Å². The van der Waals surface area contributed by atoms with E-state index in [0.29, 0.717) is 5.11 Å². The minimum absolute atomic E-state index is 0.105. The van der Waals surface area contributed by atoms with Gasteiger partial charge in [-0.25, -0.2) is 4.98 Å². The number of aryl methyl sites for hydroxylation is 1. The van der Waals surface area contributed by atoms with E-state index in [0.717, 1.165) is 33.5 Å². The molecule has 4 heterocycles. The van der Waals surface area contributed by atoms with Crippen LogP contribution in [0.25, 0.3) is 5.13 Å². The molecular weight excluding hydrogens is 426 g/mol. The lowest BCUT2D eigenvalue weighted by atomic mass is 9.96. The first kappa shape index (κ1) is 19.7. The van der Waals surface area contributed by atoms with E-state index in [1.807, 2.05) is 41.9 Å². The van der Waals surface area contributed by atoms with Crippen molar-refractivity contribution in [3.8, 4) is 10.9 Å². The van der Waals surface area contributed by atoms with Crippen molar-refractivity contribution < 1.29 is 5.11 Å². The molecule has 0 saturated carbocycles. The molecule has 0 aliphatic carbocycles. The van der Waals surface area contributed by atoms with Gasteiger partial charge in [-0.05, 0) is 74.1 Å². The minimum atomic E-state index is -0.118. The van der Waals surface area contributed by atoms with Crippen molar-refractivity contribution in [2.75, 3.05) is 4.90 Å². The van der Waals surface area contributed by atoms with Crippen LogP contribution in [0.3, 0.4) is 0 Å². The number of phenolic OH excluding ortho intramolecular Hbond substituents is 1. The van der Waals surface area contributed by atoms with Crippen LogP contribution in [0, 0.1) is 13.8 Å². The van der Waals surface area contributed by atoms with E-state index in [2.05, 4.69) is 44.7 Å². The zero-order valence-electron chi connectivity index (χ0n) is 17.1. The third-order valence-electron chi connectivity index (χ3n) is 5.63.